The Hall–Kier alpha value is 0.210. The third-order valence-electron chi connectivity index (χ3n) is 0. The molecule has 14 heavy (non-hydrogen) atoms. The van der Waals surface area contributed by atoms with Crippen molar-refractivity contribution in [2.45, 2.75) is 13.8 Å². The van der Waals surface area contributed by atoms with Crippen LogP contribution in [-0.2, 0) is 9.59 Å². The summed E-state index contributed by atoms with van der Waals surface area (Å²) in [5.41, 5.74) is 8.50. The Balaban J connectivity index is -0.0000000270. The molecule has 0 aromatic carbocycles. The molecule has 0 aromatic rings. The first-order valence-electron chi connectivity index (χ1n) is 2.60. The van der Waals surface area contributed by atoms with E-state index in [2.05, 4.69) is 11.5 Å². The third kappa shape index (κ3) is 34800. The minimum atomic E-state index is -1.08. The summed E-state index contributed by atoms with van der Waals surface area (Å²) < 4.78 is 0. The number of aliphatic carboxylic acids is 2. The van der Waals surface area contributed by atoms with Gasteiger partial charge in [-0.15, -0.1) is 0 Å². The number of hydrogen-bond donors (Lipinski definition) is 2. The van der Waals surface area contributed by atoms with E-state index in [1.807, 2.05) is 0 Å². The maximum atomic E-state index is 9.00. The van der Waals surface area contributed by atoms with E-state index in [9.17, 15) is 0 Å². The summed E-state index contributed by atoms with van der Waals surface area (Å²) in [6, 6.07) is -0.833. The largest absolute Gasteiger partial charge is 1.00 e. The molecule has 0 radical (unpaired) electrons. The minimum absolute atomic E-state index is 0. The molecular formula is C5H10N2Na2O5. The van der Waals surface area contributed by atoms with Gasteiger partial charge in [0.05, 0.1) is 0 Å². The summed E-state index contributed by atoms with van der Waals surface area (Å²) in [6.45, 7) is 1.94. The molecule has 9 heteroatoms. The number of primary amides is 2. The molecule has 0 fully saturated rings. The Morgan fingerprint density at radius 1 is 0.857 bits per heavy atom. The quantitative estimate of drug-likeness (QED) is 0.391. The molecule has 0 aliphatic carbocycles. The Bertz CT molecular complexity index is 124. The second kappa shape index (κ2) is 23.2. The predicted octanol–water partition coefficient (Wildman–Crippen LogP) is -9.46. The number of carboxylic acids is 2. The zero-order chi connectivity index (χ0) is 10.7. The summed E-state index contributed by atoms with van der Waals surface area (Å²) in [5.74, 6) is -2.17. The molecule has 0 aromatic heterocycles. The van der Waals surface area contributed by atoms with Crippen LogP contribution in [-0.4, -0.2) is 18.0 Å². The molecule has 72 valence electrons. The van der Waals surface area contributed by atoms with Crippen LogP contribution in [0.15, 0.2) is 0 Å². The van der Waals surface area contributed by atoms with Gasteiger partial charge in [0.1, 0.15) is 0 Å². The molecule has 0 atom stereocenters. The zero-order valence-electron chi connectivity index (χ0n) is 8.70. The maximum absolute atomic E-state index is 9.00. The molecule has 0 aliphatic rings. The van der Waals surface area contributed by atoms with Crippen LogP contribution in [0, 0.1) is 0 Å². The third-order valence-corrected chi connectivity index (χ3v) is 0. The van der Waals surface area contributed by atoms with Gasteiger partial charge in [0, 0.05) is 11.9 Å². The number of carbonyl (C=O) groups excluding carboxylic acids is 3. The van der Waals surface area contributed by atoms with Crippen molar-refractivity contribution < 1.29 is 83.7 Å². The van der Waals surface area contributed by atoms with Crippen LogP contribution in [0.5, 0.6) is 0 Å². The summed E-state index contributed by atoms with van der Waals surface area (Å²) >= 11 is 0. The second-order valence-corrected chi connectivity index (χ2v) is 1.39. The van der Waals surface area contributed by atoms with E-state index in [1.54, 1.807) is 0 Å². The summed E-state index contributed by atoms with van der Waals surface area (Å²) in [6.07, 6.45) is 0. The normalized spacial score (nSPS) is 5.29. The first-order chi connectivity index (χ1) is 5.20. The number of urea groups is 1. The number of amides is 2. The van der Waals surface area contributed by atoms with Gasteiger partial charge in [0.15, 0.2) is 0 Å². The van der Waals surface area contributed by atoms with Gasteiger partial charge in [-0.05, 0) is 13.8 Å². The van der Waals surface area contributed by atoms with Gasteiger partial charge >= 0.3 is 65.1 Å². The summed E-state index contributed by atoms with van der Waals surface area (Å²) in [7, 11) is 0. The van der Waals surface area contributed by atoms with E-state index in [-0.39, 0.29) is 59.1 Å². The molecular weight excluding hydrogens is 214 g/mol. The van der Waals surface area contributed by atoms with Crippen LogP contribution < -0.4 is 80.8 Å². The Morgan fingerprint density at radius 3 is 0.857 bits per heavy atom. The van der Waals surface area contributed by atoms with Crippen molar-refractivity contribution in [2.75, 3.05) is 0 Å². The van der Waals surface area contributed by atoms with E-state index in [0.29, 0.717) is 0 Å². The van der Waals surface area contributed by atoms with Gasteiger partial charge in [-0.25, -0.2) is 4.79 Å². The first-order valence-corrected chi connectivity index (χ1v) is 2.60. The molecule has 0 spiro atoms. The molecule has 7 nitrogen and oxygen atoms in total. The van der Waals surface area contributed by atoms with Crippen LogP contribution in [0.4, 0.5) is 4.79 Å². The van der Waals surface area contributed by atoms with Crippen LogP contribution in [0.25, 0.3) is 0 Å². The van der Waals surface area contributed by atoms with Gasteiger partial charge in [0.25, 0.3) is 0 Å². The van der Waals surface area contributed by atoms with Gasteiger partial charge in [-0.1, -0.05) is 0 Å². The van der Waals surface area contributed by atoms with Crippen molar-refractivity contribution in [1.29, 1.82) is 0 Å². The van der Waals surface area contributed by atoms with Gasteiger partial charge in [-0.2, -0.15) is 0 Å². The van der Waals surface area contributed by atoms with Crippen molar-refractivity contribution in [1.82, 2.24) is 0 Å². The Kier molecular flexibility index (Phi) is 48.5. The van der Waals surface area contributed by atoms with Crippen molar-refractivity contribution in [3.05, 3.63) is 0 Å². The van der Waals surface area contributed by atoms with Crippen molar-refractivity contribution >= 4 is 18.0 Å². The van der Waals surface area contributed by atoms with Crippen molar-refractivity contribution in [3.63, 3.8) is 0 Å². The molecule has 2 amide bonds. The average Bonchev–Trinajstić information content (AvgIpc) is 1.54. The van der Waals surface area contributed by atoms with Gasteiger partial charge in [-0.3, -0.25) is 0 Å². The van der Waals surface area contributed by atoms with Crippen molar-refractivity contribution in [3.8, 4) is 0 Å². The second-order valence-electron chi connectivity index (χ2n) is 1.39. The fourth-order valence-corrected chi connectivity index (χ4v) is 0. The summed E-state index contributed by atoms with van der Waals surface area (Å²) in [4.78, 5) is 26.8. The standard InChI is InChI=1S/2C2H4O2.CH4N2O.2Na/c2*1-2(3)4;2-1(3)4;;/h2*1H3,(H,3,4);(H4,2,3,4);;/q;;;2*+1/p-2. The zero-order valence-corrected chi connectivity index (χ0v) is 12.7. The molecule has 0 bridgehead atoms. The molecule has 0 rings (SSSR count). The predicted molar refractivity (Wildman–Crippen MR) is 35.1 cm³/mol. The van der Waals surface area contributed by atoms with E-state index >= 15 is 0 Å². The molecule has 4 N–H and O–H groups in total. The fraction of sp³-hybridized carbons (Fsp3) is 0.400. The average molecular weight is 224 g/mol. The Morgan fingerprint density at radius 2 is 0.857 bits per heavy atom. The smallest absolute Gasteiger partial charge is 0.550 e. The molecule has 0 saturated carbocycles. The molecule has 0 unspecified atom stereocenters. The van der Waals surface area contributed by atoms with E-state index in [4.69, 9.17) is 24.6 Å². The number of rotatable bonds is 0. The number of hydrogen-bond acceptors (Lipinski definition) is 5. The SMILES string of the molecule is CC(=O)[O-].CC(=O)[O-].NC(N)=O.[Na+].[Na+]. The maximum Gasteiger partial charge on any atom is 1.00 e. The monoisotopic (exact) mass is 224 g/mol. The minimum Gasteiger partial charge on any atom is -0.550 e. The molecule has 0 saturated heterocycles. The Labute approximate surface area is 126 Å². The van der Waals surface area contributed by atoms with Gasteiger partial charge in [0.2, 0.25) is 0 Å². The topological polar surface area (TPSA) is 149 Å². The van der Waals surface area contributed by atoms with E-state index in [1.165, 1.54) is 0 Å². The summed E-state index contributed by atoms with van der Waals surface area (Å²) in [5, 5.41) is 17.8. The molecule has 0 aliphatic heterocycles. The van der Waals surface area contributed by atoms with E-state index < -0.39 is 18.0 Å². The fourth-order valence-electron chi connectivity index (χ4n) is 0. The van der Waals surface area contributed by atoms with E-state index in [0.717, 1.165) is 13.8 Å². The van der Waals surface area contributed by atoms with Crippen LogP contribution in [0.2, 0.25) is 0 Å². The van der Waals surface area contributed by atoms with Gasteiger partial charge < -0.3 is 31.3 Å². The number of carbonyl (C=O) groups is 3. The van der Waals surface area contributed by atoms with Crippen LogP contribution in [0.1, 0.15) is 13.8 Å². The molecule has 0 heterocycles. The van der Waals surface area contributed by atoms with Crippen LogP contribution in [0.3, 0.4) is 0 Å². The number of carboxylic acid groups (broad SMARTS) is 2. The first kappa shape index (κ1) is 29.2. The number of nitrogens with two attached hydrogens (primary N) is 2. The van der Waals surface area contributed by atoms with Crippen LogP contribution >= 0.6 is 0 Å². The van der Waals surface area contributed by atoms with Crippen molar-refractivity contribution in [2.24, 2.45) is 11.5 Å².